The summed E-state index contributed by atoms with van der Waals surface area (Å²) in [5.41, 5.74) is 0.00579. The highest BCUT2D eigenvalue weighted by atomic mass is 16.5. The topological polar surface area (TPSA) is 46.5 Å². The molecule has 2 fully saturated rings. The fourth-order valence-electron chi connectivity index (χ4n) is 2.62. The molecule has 68 valence electrons. The molecule has 1 saturated heterocycles. The lowest BCUT2D eigenvalue weighted by Crippen LogP contribution is -2.31. The van der Waals surface area contributed by atoms with Crippen molar-refractivity contribution >= 4 is 5.97 Å². The molecule has 1 aliphatic heterocycles. The van der Waals surface area contributed by atoms with E-state index in [1.807, 2.05) is 0 Å². The molecule has 0 bridgehead atoms. The van der Waals surface area contributed by atoms with Crippen LogP contribution in [0.15, 0.2) is 0 Å². The molecule has 2 atom stereocenters. The van der Waals surface area contributed by atoms with E-state index in [-0.39, 0.29) is 11.3 Å². The Morgan fingerprint density at radius 3 is 2.92 bits per heavy atom. The van der Waals surface area contributed by atoms with Crippen molar-refractivity contribution in [3.8, 4) is 0 Å². The van der Waals surface area contributed by atoms with Crippen LogP contribution in [0.25, 0.3) is 0 Å². The molecule has 1 aliphatic carbocycles. The van der Waals surface area contributed by atoms with Crippen LogP contribution in [0, 0.1) is 11.3 Å². The number of ether oxygens (including phenoxy) is 1. The van der Waals surface area contributed by atoms with Gasteiger partial charge >= 0.3 is 5.97 Å². The summed E-state index contributed by atoms with van der Waals surface area (Å²) in [5, 5.41) is 8.98. The molecule has 1 saturated carbocycles. The van der Waals surface area contributed by atoms with E-state index >= 15 is 0 Å². The molecule has 2 aliphatic rings. The highest BCUT2D eigenvalue weighted by Crippen LogP contribution is 2.48. The standard InChI is InChI=1S/C9H14O3/c10-8(11)7-2-1-3-9(7)4-5-12-6-9/h7H,1-6H2,(H,10,11). The predicted molar refractivity (Wildman–Crippen MR) is 42.8 cm³/mol. The highest BCUT2D eigenvalue weighted by molar-refractivity contribution is 5.71. The Hall–Kier alpha value is -0.570. The van der Waals surface area contributed by atoms with Gasteiger partial charge in [0, 0.05) is 12.0 Å². The van der Waals surface area contributed by atoms with E-state index in [1.165, 1.54) is 0 Å². The second-order valence-electron chi connectivity index (χ2n) is 3.95. The largest absolute Gasteiger partial charge is 0.481 e. The minimum atomic E-state index is -0.627. The smallest absolute Gasteiger partial charge is 0.307 e. The van der Waals surface area contributed by atoms with Gasteiger partial charge in [0.25, 0.3) is 0 Å². The molecule has 1 heterocycles. The molecular weight excluding hydrogens is 156 g/mol. The molecule has 0 amide bonds. The summed E-state index contributed by atoms with van der Waals surface area (Å²) in [6.45, 7) is 1.42. The summed E-state index contributed by atoms with van der Waals surface area (Å²) in [7, 11) is 0. The van der Waals surface area contributed by atoms with Crippen molar-refractivity contribution in [2.75, 3.05) is 13.2 Å². The second kappa shape index (κ2) is 2.73. The average Bonchev–Trinajstić information content (AvgIpc) is 2.61. The molecule has 1 spiro atoms. The lowest BCUT2D eigenvalue weighted by atomic mass is 9.77. The van der Waals surface area contributed by atoms with E-state index in [2.05, 4.69) is 0 Å². The molecule has 2 rings (SSSR count). The Morgan fingerprint density at radius 2 is 2.33 bits per heavy atom. The summed E-state index contributed by atoms with van der Waals surface area (Å²) >= 11 is 0. The van der Waals surface area contributed by atoms with Crippen LogP contribution in [-0.2, 0) is 9.53 Å². The fraction of sp³-hybridized carbons (Fsp3) is 0.889. The van der Waals surface area contributed by atoms with Crippen LogP contribution < -0.4 is 0 Å². The second-order valence-corrected chi connectivity index (χ2v) is 3.95. The first-order valence-electron chi connectivity index (χ1n) is 4.55. The van der Waals surface area contributed by atoms with Gasteiger partial charge in [-0.05, 0) is 19.3 Å². The minimum absolute atomic E-state index is 0.00579. The molecule has 0 aromatic heterocycles. The van der Waals surface area contributed by atoms with Crippen LogP contribution in [0.5, 0.6) is 0 Å². The van der Waals surface area contributed by atoms with Crippen LogP contribution in [-0.4, -0.2) is 24.3 Å². The van der Waals surface area contributed by atoms with Gasteiger partial charge in [-0.25, -0.2) is 0 Å². The Balaban J connectivity index is 2.17. The van der Waals surface area contributed by atoms with Gasteiger partial charge in [-0.1, -0.05) is 6.42 Å². The molecule has 3 nitrogen and oxygen atoms in total. The van der Waals surface area contributed by atoms with E-state index < -0.39 is 5.97 Å². The van der Waals surface area contributed by atoms with Crippen LogP contribution in [0.2, 0.25) is 0 Å². The van der Waals surface area contributed by atoms with Crippen LogP contribution in [0.3, 0.4) is 0 Å². The number of rotatable bonds is 1. The zero-order chi connectivity index (χ0) is 8.60. The van der Waals surface area contributed by atoms with Crippen LogP contribution in [0.1, 0.15) is 25.7 Å². The third-order valence-electron chi connectivity index (χ3n) is 3.34. The lowest BCUT2D eigenvalue weighted by Gasteiger charge is -2.25. The number of hydrogen-bond acceptors (Lipinski definition) is 2. The average molecular weight is 170 g/mol. The SMILES string of the molecule is O=C(O)C1CCCC12CCOC2. The van der Waals surface area contributed by atoms with Crippen molar-refractivity contribution in [1.29, 1.82) is 0 Å². The van der Waals surface area contributed by atoms with E-state index in [4.69, 9.17) is 9.84 Å². The third kappa shape index (κ3) is 1.04. The molecule has 3 heteroatoms. The van der Waals surface area contributed by atoms with E-state index in [0.717, 1.165) is 32.3 Å². The number of aliphatic carboxylic acids is 1. The summed E-state index contributed by atoms with van der Waals surface area (Å²) < 4.78 is 5.30. The fourth-order valence-corrected chi connectivity index (χ4v) is 2.62. The van der Waals surface area contributed by atoms with Gasteiger partial charge in [0.05, 0.1) is 12.5 Å². The van der Waals surface area contributed by atoms with Gasteiger partial charge in [0.2, 0.25) is 0 Å². The van der Waals surface area contributed by atoms with Gasteiger partial charge in [-0.15, -0.1) is 0 Å². The van der Waals surface area contributed by atoms with Gasteiger partial charge in [0.15, 0.2) is 0 Å². The normalized spacial score (nSPS) is 40.8. The quantitative estimate of drug-likeness (QED) is 0.644. The molecular formula is C9H14O3. The van der Waals surface area contributed by atoms with Crippen LogP contribution >= 0.6 is 0 Å². The summed E-state index contributed by atoms with van der Waals surface area (Å²) in [5.74, 6) is -0.766. The van der Waals surface area contributed by atoms with Crippen molar-refractivity contribution in [2.24, 2.45) is 11.3 Å². The van der Waals surface area contributed by atoms with Gasteiger partial charge in [-0.3, -0.25) is 4.79 Å². The Labute approximate surface area is 71.7 Å². The number of carboxylic acids is 1. The molecule has 12 heavy (non-hydrogen) atoms. The number of hydrogen-bond donors (Lipinski definition) is 1. The van der Waals surface area contributed by atoms with Crippen molar-refractivity contribution in [3.05, 3.63) is 0 Å². The maximum atomic E-state index is 10.9. The summed E-state index contributed by atoms with van der Waals surface area (Å²) in [6.07, 6.45) is 3.90. The van der Waals surface area contributed by atoms with Crippen LogP contribution in [0.4, 0.5) is 0 Å². The Morgan fingerprint density at radius 1 is 1.50 bits per heavy atom. The van der Waals surface area contributed by atoms with Gasteiger partial charge in [0.1, 0.15) is 0 Å². The Kier molecular flexibility index (Phi) is 1.83. The summed E-state index contributed by atoms with van der Waals surface area (Å²) in [6, 6.07) is 0. The molecule has 1 N–H and O–H groups in total. The van der Waals surface area contributed by atoms with E-state index in [0.29, 0.717) is 6.61 Å². The van der Waals surface area contributed by atoms with E-state index in [9.17, 15) is 4.79 Å². The predicted octanol–water partition coefficient (Wildman–Crippen LogP) is 1.28. The van der Waals surface area contributed by atoms with Crippen molar-refractivity contribution in [2.45, 2.75) is 25.7 Å². The molecule has 0 aromatic carbocycles. The van der Waals surface area contributed by atoms with E-state index in [1.54, 1.807) is 0 Å². The lowest BCUT2D eigenvalue weighted by molar-refractivity contribution is -0.145. The highest BCUT2D eigenvalue weighted by Gasteiger charge is 2.48. The molecule has 0 radical (unpaired) electrons. The van der Waals surface area contributed by atoms with Crippen molar-refractivity contribution in [3.63, 3.8) is 0 Å². The van der Waals surface area contributed by atoms with Gasteiger partial charge < -0.3 is 9.84 Å². The summed E-state index contributed by atoms with van der Waals surface area (Å²) in [4.78, 5) is 10.9. The number of carboxylic acid groups (broad SMARTS) is 1. The zero-order valence-electron chi connectivity index (χ0n) is 7.08. The molecule has 2 unspecified atom stereocenters. The first kappa shape index (κ1) is 8.05. The third-order valence-corrected chi connectivity index (χ3v) is 3.34. The maximum absolute atomic E-state index is 10.9. The first-order valence-corrected chi connectivity index (χ1v) is 4.55. The Bertz CT molecular complexity index is 188. The first-order chi connectivity index (χ1) is 5.75. The minimum Gasteiger partial charge on any atom is -0.481 e. The van der Waals surface area contributed by atoms with Crippen molar-refractivity contribution in [1.82, 2.24) is 0 Å². The maximum Gasteiger partial charge on any atom is 0.307 e. The monoisotopic (exact) mass is 170 g/mol. The molecule has 0 aromatic rings. The zero-order valence-corrected chi connectivity index (χ0v) is 7.08. The number of carbonyl (C=O) groups is 1. The van der Waals surface area contributed by atoms with Crippen molar-refractivity contribution < 1.29 is 14.6 Å². The van der Waals surface area contributed by atoms with Gasteiger partial charge in [-0.2, -0.15) is 0 Å².